The van der Waals surface area contributed by atoms with E-state index in [-0.39, 0.29) is 14.9 Å². The van der Waals surface area contributed by atoms with Crippen LogP contribution in [0.5, 0.6) is 0 Å². The molecular formula is C18H46. The molecule has 0 radical (unpaired) electrons. The Balaban J connectivity index is -0.0000000623. The summed E-state index contributed by atoms with van der Waals surface area (Å²) in [5.74, 6) is 1.11. The van der Waals surface area contributed by atoms with E-state index >= 15 is 0 Å². The van der Waals surface area contributed by atoms with Crippen molar-refractivity contribution in [1.82, 2.24) is 0 Å². The molecule has 1 aliphatic rings. The van der Waals surface area contributed by atoms with Gasteiger partial charge in [0.05, 0.1) is 0 Å². The van der Waals surface area contributed by atoms with E-state index in [1.807, 2.05) is 41.5 Å². The summed E-state index contributed by atoms with van der Waals surface area (Å²) in [5.41, 5.74) is 0. The van der Waals surface area contributed by atoms with Gasteiger partial charge in [-0.1, -0.05) is 115 Å². The van der Waals surface area contributed by atoms with E-state index in [9.17, 15) is 0 Å². The number of hydrogen-bond donors (Lipinski definition) is 0. The SMILES string of the molecule is C.C.CC.CC.CC.CCCCC1CCCCC1. The van der Waals surface area contributed by atoms with Gasteiger partial charge in [-0.25, -0.2) is 0 Å². The first-order valence-corrected chi connectivity index (χ1v) is 7.93. The predicted molar refractivity (Wildman–Crippen MR) is 93.6 cm³/mol. The minimum absolute atomic E-state index is 0. The highest BCUT2D eigenvalue weighted by atomic mass is 14.2. The molecule has 0 heteroatoms. The summed E-state index contributed by atoms with van der Waals surface area (Å²) in [6.45, 7) is 14.3. The third-order valence-corrected chi connectivity index (χ3v) is 2.69. The topological polar surface area (TPSA) is 0 Å². The van der Waals surface area contributed by atoms with Crippen LogP contribution in [0, 0.1) is 5.92 Å². The van der Waals surface area contributed by atoms with E-state index in [0.29, 0.717) is 0 Å². The maximum Gasteiger partial charge on any atom is -0.0414 e. The Morgan fingerprint density at radius 3 is 1.44 bits per heavy atom. The van der Waals surface area contributed by atoms with Gasteiger partial charge in [-0.3, -0.25) is 0 Å². The Morgan fingerprint density at radius 1 is 0.722 bits per heavy atom. The van der Waals surface area contributed by atoms with Crippen LogP contribution in [-0.4, -0.2) is 0 Å². The summed E-state index contributed by atoms with van der Waals surface area (Å²) in [7, 11) is 0. The Kier molecular flexibility index (Phi) is 61.5. The summed E-state index contributed by atoms with van der Waals surface area (Å²) in [6, 6.07) is 0. The van der Waals surface area contributed by atoms with Crippen molar-refractivity contribution in [3.8, 4) is 0 Å². The van der Waals surface area contributed by atoms with E-state index in [4.69, 9.17) is 0 Å². The zero-order valence-corrected chi connectivity index (χ0v) is 13.2. The van der Waals surface area contributed by atoms with Crippen molar-refractivity contribution in [2.24, 2.45) is 5.92 Å². The molecule has 18 heavy (non-hydrogen) atoms. The lowest BCUT2D eigenvalue weighted by molar-refractivity contribution is 0.331. The van der Waals surface area contributed by atoms with Crippen molar-refractivity contribution in [3.05, 3.63) is 0 Å². The summed E-state index contributed by atoms with van der Waals surface area (Å²) in [4.78, 5) is 0. The molecule has 0 aromatic rings. The molecule has 0 amide bonds. The van der Waals surface area contributed by atoms with Gasteiger partial charge in [0.1, 0.15) is 0 Å². The summed E-state index contributed by atoms with van der Waals surface area (Å²) in [6.07, 6.45) is 11.9. The molecule has 0 aromatic heterocycles. The van der Waals surface area contributed by atoms with Crippen LogP contribution in [-0.2, 0) is 0 Å². The Hall–Kier alpha value is 0. The molecule has 0 spiro atoms. The normalized spacial score (nSPS) is 12.8. The first-order chi connectivity index (χ1) is 7.93. The molecule has 0 nitrogen and oxygen atoms in total. The predicted octanol–water partition coefficient (Wildman–Crippen LogP) is 8.11. The minimum atomic E-state index is 0. The molecule has 0 aromatic carbocycles. The second-order valence-corrected chi connectivity index (χ2v) is 3.65. The van der Waals surface area contributed by atoms with Crippen LogP contribution < -0.4 is 0 Å². The lowest BCUT2D eigenvalue weighted by Crippen LogP contribution is -2.05. The largest absolute Gasteiger partial charge is 0.0776 e. The smallest absolute Gasteiger partial charge is 0.0414 e. The van der Waals surface area contributed by atoms with Crippen LogP contribution in [0.3, 0.4) is 0 Å². The Labute approximate surface area is 121 Å². The van der Waals surface area contributed by atoms with Gasteiger partial charge in [0.2, 0.25) is 0 Å². The molecule has 0 bridgehead atoms. The minimum Gasteiger partial charge on any atom is -0.0776 e. The van der Waals surface area contributed by atoms with Crippen LogP contribution in [0.25, 0.3) is 0 Å². The van der Waals surface area contributed by atoms with Crippen molar-refractivity contribution in [2.75, 3.05) is 0 Å². The van der Waals surface area contributed by atoms with E-state index in [0.717, 1.165) is 5.92 Å². The second-order valence-electron chi connectivity index (χ2n) is 3.65. The Bertz CT molecular complexity index is 70.1. The zero-order chi connectivity index (χ0) is 13.2. The summed E-state index contributed by atoms with van der Waals surface area (Å²) in [5, 5.41) is 0. The fraction of sp³-hybridized carbons (Fsp3) is 1.00. The molecule has 118 valence electrons. The van der Waals surface area contributed by atoms with E-state index in [1.165, 1.54) is 51.4 Å². The number of unbranched alkanes of at least 4 members (excludes halogenated alkanes) is 1. The summed E-state index contributed by atoms with van der Waals surface area (Å²) >= 11 is 0. The van der Waals surface area contributed by atoms with Crippen molar-refractivity contribution in [3.63, 3.8) is 0 Å². The first-order valence-electron chi connectivity index (χ1n) is 7.93. The lowest BCUT2D eigenvalue weighted by atomic mass is 9.86. The highest BCUT2D eigenvalue weighted by Gasteiger charge is 2.11. The third kappa shape index (κ3) is 25.0. The molecule has 0 atom stereocenters. The van der Waals surface area contributed by atoms with E-state index in [2.05, 4.69) is 6.92 Å². The van der Waals surface area contributed by atoms with Crippen molar-refractivity contribution < 1.29 is 0 Å². The standard InChI is InChI=1S/C10H20.3C2H6.2CH4/c1-2-3-7-10-8-5-4-6-9-10;3*1-2;;/h10H,2-9H2,1H3;3*1-2H3;2*1H4. The molecule has 0 saturated heterocycles. The maximum atomic E-state index is 2.29. The average molecular weight is 263 g/mol. The first kappa shape index (κ1) is 30.8. The van der Waals surface area contributed by atoms with Gasteiger partial charge in [-0.15, -0.1) is 0 Å². The van der Waals surface area contributed by atoms with Gasteiger partial charge in [0.25, 0.3) is 0 Å². The second kappa shape index (κ2) is 36.0. The van der Waals surface area contributed by atoms with E-state index in [1.54, 1.807) is 0 Å². The molecule has 0 aliphatic heterocycles. The maximum absolute atomic E-state index is 2.29. The van der Waals surface area contributed by atoms with Crippen molar-refractivity contribution >= 4 is 0 Å². The van der Waals surface area contributed by atoms with Gasteiger partial charge in [0, 0.05) is 0 Å². The van der Waals surface area contributed by atoms with Crippen LogP contribution in [0.15, 0.2) is 0 Å². The van der Waals surface area contributed by atoms with Gasteiger partial charge in [-0.2, -0.15) is 0 Å². The van der Waals surface area contributed by atoms with Crippen LogP contribution in [0.1, 0.15) is 115 Å². The Morgan fingerprint density at radius 2 is 1.11 bits per heavy atom. The molecule has 0 heterocycles. The molecular weight excluding hydrogens is 216 g/mol. The highest BCUT2D eigenvalue weighted by Crippen LogP contribution is 2.27. The van der Waals surface area contributed by atoms with Crippen LogP contribution in [0.2, 0.25) is 0 Å². The van der Waals surface area contributed by atoms with Gasteiger partial charge < -0.3 is 0 Å². The molecule has 1 saturated carbocycles. The summed E-state index contributed by atoms with van der Waals surface area (Å²) < 4.78 is 0. The number of rotatable bonds is 3. The van der Waals surface area contributed by atoms with E-state index < -0.39 is 0 Å². The molecule has 1 rings (SSSR count). The molecule has 0 N–H and O–H groups in total. The monoisotopic (exact) mass is 262 g/mol. The molecule has 0 unspecified atom stereocenters. The van der Waals surface area contributed by atoms with Crippen LogP contribution >= 0.6 is 0 Å². The van der Waals surface area contributed by atoms with Crippen molar-refractivity contribution in [2.45, 2.75) is 115 Å². The zero-order valence-electron chi connectivity index (χ0n) is 13.2. The quantitative estimate of drug-likeness (QED) is 0.482. The number of hydrogen-bond acceptors (Lipinski definition) is 0. The molecule has 1 fully saturated rings. The van der Waals surface area contributed by atoms with Crippen molar-refractivity contribution in [1.29, 1.82) is 0 Å². The van der Waals surface area contributed by atoms with Gasteiger partial charge in [0.15, 0.2) is 0 Å². The van der Waals surface area contributed by atoms with Gasteiger partial charge in [-0.05, 0) is 5.92 Å². The lowest BCUT2D eigenvalue weighted by Gasteiger charge is -2.20. The molecule has 1 aliphatic carbocycles. The fourth-order valence-corrected chi connectivity index (χ4v) is 1.97. The highest BCUT2D eigenvalue weighted by molar-refractivity contribution is 4.65. The van der Waals surface area contributed by atoms with Gasteiger partial charge >= 0.3 is 0 Å². The average Bonchev–Trinajstić information content (AvgIpc) is 2.44. The fourth-order valence-electron chi connectivity index (χ4n) is 1.97. The third-order valence-electron chi connectivity index (χ3n) is 2.69. The van der Waals surface area contributed by atoms with Crippen LogP contribution in [0.4, 0.5) is 0 Å².